The molecule has 2 aromatic carbocycles. The quantitative estimate of drug-likeness (QED) is 0.595. The molecule has 0 bridgehead atoms. The van der Waals surface area contributed by atoms with Gasteiger partial charge in [0, 0.05) is 22.7 Å². The number of benzene rings is 2. The van der Waals surface area contributed by atoms with E-state index in [9.17, 15) is 0 Å². The molecule has 3 rings (SSSR count). The van der Waals surface area contributed by atoms with Gasteiger partial charge in [-0.2, -0.15) is 0 Å². The fourth-order valence-corrected chi connectivity index (χ4v) is 2.82. The summed E-state index contributed by atoms with van der Waals surface area (Å²) < 4.78 is 0. The monoisotopic (exact) mass is 323 g/mol. The van der Waals surface area contributed by atoms with Crippen molar-refractivity contribution in [1.82, 2.24) is 4.98 Å². The number of pyridine rings is 1. The first kappa shape index (κ1) is 13.1. The average Bonchev–Trinajstić information content (AvgIpc) is 2.55. The topological polar surface area (TPSA) is 12.9 Å². The molecule has 3 aromatic rings. The van der Waals surface area contributed by atoms with Gasteiger partial charge < -0.3 is 0 Å². The second-order valence-electron chi connectivity index (χ2n) is 4.56. The first-order valence-corrected chi connectivity index (χ1v) is 7.67. The maximum atomic E-state index is 4.61. The fraction of sp³-hybridized carbons (Fsp3) is 0.0556. The largest absolute Gasteiger partial charge is 0.256 e. The van der Waals surface area contributed by atoms with Gasteiger partial charge in [-0.1, -0.05) is 76.6 Å². The first-order valence-electron chi connectivity index (χ1n) is 6.55. The van der Waals surface area contributed by atoms with Crippen LogP contribution in [0.15, 0.2) is 72.9 Å². The van der Waals surface area contributed by atoms with E-state index in [1.807, 2.05) is 30.5 Å². The summed E-state index contributed by atoms with van der Waals surface area (Å²) >= 11 is 3.58. The highest BCUT2D eigenvalue weighted by Gasteiger charge is 2.12. The minimum Gasteiger partial charge on any atom is -0.256 e. The van der Waals surface area contributed by atoms with Gasteiger partial charge in [-0.25, -0.2) is 0 Å². The Morgan fingerprint density at radius 2 is 1.35 bits per heavy atom. The van der Waals surface area contributed by atoms with E-state index in [0.29, 0.717) is 0 Å². The highest BCUT2D eigenvalue weighted by molar-refractivity contribution is 9.08. The van der Waals surface area contributed by atoms with E-state index in [4.69, 9.17) is 0 Å². The molecule has 0 N–H and O–H groups in total. The van der Waals surface area contributed by atoms with Crippen molar-refractivity contribution < 1.29 is 0 Å². The number of hydrogen-bond donors (Lipinski definition) is 0. The molecule has 0 aliphatic heterocycles. The highest BCUT2D eigenvalue weighted by atomic mass is 79.9. The Bertz CT molecular complexity index is 693. The van der Waals surface area contributed by atoms with Crippen molar-refractivity contribution in [3.05, 3.63) is 78.5 Å². The van der Waals surface area contributed by atoms with Crippen LogP contribution in [0.4, 0.5) is 0 Å². The SMILES string of the molecule is BrCc1ccnc(-c2ccccc2)c1-c1ccccc1. The molecular formula is C18H14BrN. The van der Waals surface area contributed by atoms with Crippen LogP contribution in [0.1, 0.15) is 5.56 Å². The third kappa shape index (κ3) is 2.52. The number of rotatable bonds is 3. The predicted molar refractivity (Wildman–Crippen MR) is 87.7 cm³/mol. The van der Waals surface area contributed by atoms with Gasteiger partial charge in [0.2, 0.25) is 0 Å². The Balaban J connectivity index is 2.26. The number of alkyl halides is 1. The summed E-state index contributed by atoms with van der Waals surface area (Å²) in [4.78, 5) is 4.61. The zero-order chi connectivity index (χ0) is 13.8. The molecule has 0 saturated carbocycles. The number of nitrogens with zero attached hydrogens (tertiary/aromatic N) is 1. The van der Waals surface area contributed by atoms with Gasteiger partial charge in [-0.15, -0.1) is 0 Å². The van der Waals surface area contributed by atoms with Gasteiger partial charge in [-0.05, 0) is 17.2 Å². The van der Waals surface area contributed by atoms with Crippen molar-refractivity contribution in [2.24, 2.45) is 0 Å². The average molecular weight is 324 g/mol. The van der Waals surface area contributed by atoms with Crippen molar-refractivity contribution in [2.45, 2.75) is 5.33 Å². The van der Waals surface area contributed by atoms with Crippen LogP contribution in [0.25, 0.3) is 22.4 Å². The third-order valence-electron chi connectivity index (χ3n) is 3.29. The van der Waals surface area contributed by atoms with E-state index in [2.05, 4.69) is 63.4 Å². The van der Waals surface area contributed by atoms with Crippen LogP contribution in [-0.4, -0.2) is 4.98 Å². The van der Waals surface area contributed by atoms with Crippen LogP contribution in [0.2, 0.25) is 0 Å². The molecule has 0 amide bonds. The van der Waals surface area contributed by atoms with Crippen LogP contribution in [0, 0.1) is 0 Å². The van der Waals surface area contributed by atoms with Gasteiger partial charge in [0.15, 0.2) is 0 Å². The summed E-state index contributed by atoms with van der Waals surface area (Å²) in [7, 11) is 0. The molecule has 0 spiro atoms. The molecule has 2 heteroatoms. The Labute approximate surface area is 127 Å². The maximum absolute atomic E-state index is 4.61. The van der Waals surface area contributed by atoms with Crippen molar-refractivity contribution in [2.75, 3.05) is 0 Å². The first-order chi connectivity index (χ1) is 9.90. The van der Waals surface area contributed by atoms with Gasteiger partial charge in [0.25, 0.3) is 0 Å². The summed E-state index contributed by atoms with van der Waals surface area (Å²) in [5.74, 6) is 0. The molecule has 0 atom stereocenters. The fourth-order valence-electron chi connectivity index (χ4n) is 2.35. The number of hydrogen-bond acceptors (Lipinski definition) is 1. The predicted octanol–water partition coefficient (Wildman–Crippen LogP) is 5.31. The normalized spacial score (nSPS) is 10.4. The molecule has 0 saturated heterocycles. The Morgan fingerprint density at radius 3 is 1.95 bits per heavy atom. The van der Waals surface area contributed by atoms with Crippen molar-refractivity contribution >= 4 is 15.9 Å². The molecule has 1 nitrogen and oxygen atoms in total. The Kier molecular flexibility index (Phi) is 3.93. The zero-order valence-corrected chi connectivity index (χ0v) is 12.5. The lowest BCUT2D eigenvalue weighted by Gasteiger charge is -2.13. The molecule has 0 unspecified atom stereocenters. The van der Waals surface area contributed by atoms with E-state index in [1.165, 1.54) is 16.7 Å². The van der Waals surface area contributed by atoms with E-state index in [0.717, 1.165) is 16.6 Å². The highest BCUT2D eigenvalue weighted by Crippen LogP contribution is 2.34. The van der Waals surface area contributed by atoms with E-state index in [1.54, 1.807) is 0 Å². The summed E-state index contributed by atoms with van der Waals surface area (Å²) in [6, 6.07) is 22.8. The van der Waals surface area contributed by atoms with Crippen LogP contribution in [-0.2, 0) is 5.33 Å². The zero-order valence-electron chi connectivity index (χ0n) is 11.0. The van der Waals surface area contributed by atoms with Crippen molar-refractivity contribution in [3.63, 3.8) is 0 Å². The summed E-state index contributed by atoms with van der Waals surface area (Å²) in [5.41, 5.74) is 5.85. The molecule has 98 valence electrons. The van der Waals surface area contributed by atoms with Crippen LogP contribution in [0.5, 0.6) is 0 Å². The summed E-state index contributed by atoms with van der Waals surface area (Å²) in [6.07, 6.45) is 1.88. The minimum atomic E-state index is 0.819. The van der Waals surface area contributed by atoms with Gasteiger partial charge in [-0.3, -0.25) is 4.98 Å². The molecule has 20 heavy (non-hydrogen) atoms. The second-order valence-corrected chi connectivity index (χ2v) is 5.12. The van der Waals surface area contributed by atoms with Crippen molar-refractivity contribution in [3.8, 4) is 22.4 Å². The molecule has 0 aliphatic rings. The molecule has 0 aliphatic carbocycles. The Hall–Kier alpha value is -1.93. The molecular weight excluding hydrogens is 310 g/mol. The van der Waals surface area contributed by atoms with Gasteiger partial charge >= 0.3 is 0 Å². The molecule has 0 radical (unpaired) electrons. The summed E-state index contributed by atoms with van der Waals surface area (Å²) in [5, 5.41) is 0.819. The minimum absolute atomic E-state index is 0.819. The van der Waals surface area contributed by atoms with Crippen LogP contribution < -0.4 is 0 Å². The third-order valence-corrected chi connectivity index (χ3v) is 3.90. The maximum Gasteiger partial charge on any atom is 0.0783 e. The smallest absolute Gasteiger partial charge is 0.0783 e. The standard InChI is InChI=1S/C18H14BrN/c19-13-16-11-12-20-18(15-9-5-2-6-10-15)17(16)14-7-3-1-4-8-14/h1-12H,13H2. The summed E-state index contributed by atoms with van der Waals surface area (Å²) in [6.45, 7) is 0. The van der Waals surface area contributed by atoms with Crippen molar-refractivity contribution in [1.29, 1.82) is 0 Å². The van der Waals surface area contributed by atoms with E-state index in [-0.39, 0.29) is 0 Å². The molecule has 1 heterocycles. The molecule has 1 aromatic heterocycles. The lowest BCUT2D eigenvalue weighted by atomic mass is 9.95. The van der Waals surface area contributed by atoms with Gasteiger partial charge in [0.05, 0.1) is 5.69 Å². The Morgan fingerprint density at radius 1 is 0.750 bits per heavy atom. The van der Waals surface area contributed by atoms with E-state index >= 15 is 0 Å². The molecule has 0 fully saturated rings. The number of aromatic nitrogens is 1. The van der Waals surface area contributed by atoms with E-state index < -0.39 is 0 Å². The lowest BCUT2D eigenvalue weighted by Crippen LogP contribution is -1.94. The second kappa shape index (κ2) is 6.02. The number of halogens is 1. The van der Waals surface area contributed by atoms with Crippen LogP contribution >= 0.6 is 15.9 Å². The van der Waals surface area contributed by atoms with Gasteiger partial charge in [0.1, 0.15) is 0 Å². The lowest BCUT2D eigenvalue weighted by molar-refractivity contribution is 1.28. The van der Waals surface area contributed by atoms with Crippen LogP contribution in [0.3, 0.4) is 0 Å².